The Morgan fingerprint density at radius 2 is 2.00 bits per heavy atom. The van der Waals surface area contributed by atoms with E-state index in [0.717, 1.165) is 6.42 Å². The Morgan fingerprint density at radius 3 is 2.47 bits per heavy atom. The Bertz CT molecular complexity index is 428. The summed E-state index contributed by atoms with van der Waals surface area (Å²) in [5.74, 6) is 0.788. The van der Waals surface area contributed by atoms with E-state index in [1.54, 1.807) is 25.3 Å². The highest BCUT2D eigenvalue weighted by atomic mass is 16.5. The fourth-order valence-electron chi connectivity index (χ4n) is 2.17. The molecule has 0 aliphatic carbocycles. The molecule has 0 unspecified atom stereocenters. The van der Waals surface area contributed by atoms with E-state index in [-0.39, 0.29) is 5.78 Å². The zero-order valence-electron chi connectivity index (χ0n) is 12.0. The van der Waals surface area contributed by atoms with Crippen molar-refractivity contribution in [1.29, 1.82) is 0 Å². The molecule has 0 aliphatic rings. The maximum absolute atomic E-state index is 11.6. The topological polar surface area (TPSA) is 55.8 Å². The van der Waals surface area contributed by atoms with Crippen LogP contribution in [0.5, 0.6) is 11.5 Å². The molecule has 0 aromatic heterocycles. The molecule has 0 saturated carbocycles. The lowest BCUT2D eigenvalue weighted by Gasteiger charge is -2.22. The van der Waals surface area contributed by atoms with Gasteiger partial charge in [0.25, 0.3) is 0 Å². The van der Waals surface area contributed by atoms with Crippen molar-refractivity contribution in [3.8, 4) is 11.5 Å². The molecule has 4 heteroatoms. The van der Waals surface area contributed by atoms with Crippen LogP contribution in [-0.2, 0) is 4.79 Å². The van der Waals surface area contributed by atoms with E-state index in [9.17, 15) is 9.90 Å². The van der Waals surface area contributed by atoms with Gasteiger partial charge < -0.3 is 14.6 Å². The molecule has 0 fully saturated rings. The van der Waals surface area contributed by atoms with Gasteiger partial charge in [0, 0.05) is 17.5 Å². The first-order valence-electron chi connectivity index (χ1n) is 6.45. The van der Waals surface area contributed by atoms with Gasteiger partial charge in [0.1, 0.15) is 17.3 Å². The van der Waals surface area contributed by atoms with E-state index in [1.165, 1.54) is 14.0 Å². The van der Waals surface area contributed by atoms with Crippen molar-refractivity contribution in [3.63, 3.8) is 0 Å². The van der Waals surface area contributed by atoms with E-state index in [0.29, 0.717) is 23.5 Å². The van der Waals surface area contributed by atoms with Crippen LogP contribution >= 0.6 is 0 Å². The zero-order chi connectivity index (χ0) is 14.4. The molecule has 0 heterocycles. The van der Waals surface area contributed by atoms with Gasteiger partial charge in [-0.15, -0.1) is 0 Å². The van der Waals surface area contributed by atoms with Crippen molar-refractivity contribution in [2.45, 2.75) is 32.8 Å². The smallest absolute Gasteiger partial charge is 0.135 e. The van der Waals surface area contributed by atoms with Gasteiger partial charge >= 0.3 is 0 Å². The van der Waals surface area contributed by atoms with E-state index >= 15 is 0 Å². The minimum absolute atomic E-state index is 0.00720. The molecular weight excluding hydrogens is 244 g/mol. The van der Waals surface area contributed by atoms with Crippen LogP contribution in [0, 0.1) is 5.92 Å². The fourth-order valence-corrected chi connectivity index (χ4v) is 2.17. The van der Waals surface area contributed by atoms with Crippen molar-refractivity contribution in [1.82, 2.24) is 0 Å². The molecule has 0 spiro atoms. The normalized spacial score (nSPS) is 13.7. The summed E-state index contributed by atoms with van der Waals surface area (Å²) in [7, 11) is 3.11. The predicted molar refractivity (Wildman–Crippen MR) is 73.6 cm³/mol. The highest BCUT2D eigenvalue weighted by Crippen LogP contribution is 2.35. The number of hydrogen-bond acceptors (Lipinski definition) is 4. The molecule has 2 atom stereocenters. The van der Waals surface area contributed by atoms with Gasteiger partial charge in [0.2, 0.25) is 0 Å². The number of ketones is 1. The number of rotatable bonds is 7. The van der Waals surface area contributed by atoms with Crippen LogP contribution in [0.15, 0.2) is 18.2 Å². The summed E-state index contributed by atoms with van der Waals surface area (Å²) in [6.07, 6.45) is 0.657. The number of carbonyl (C=O) groups excluding carboxylic acids is 1. The van der Waals surface area contributed by atoms with Gasteiger partial charge in [-0.05, 0) is 25.5 Å². The highest BCUT2D eigenvalue weighted by Gasteiger charge is 2.26. The monoisotopic (exact) mass is 266 g/mol. The number of hydrogen-bond donors (Lipinski definition) is 1. The molecule has 1 rings (SSSR count). The number of ether oxygens (including phenoxy) is 2. The highest BCUT2D eigenvalue weighted by molar-refractivity contribution is 5.79. The minimum Gasteiger partial charge on any atom is -0.497 e. The Balaban J connectivity index is 3.09. The number of benzene rings is 1. The van der Waals surface area contributed by atoms with Crippen LogP contribution in [0.25, 0.3) is 0 Å². The van der Waals surface area contributed by atoms with Crippen LogP contribution in [0.3, 0.4) is 0 Å². The summed E-state index contributed by atoms with van der Waals surface area (Å²) in [5, 5.41) is 10.4. The van der Waals surface area contributed by atoms with Gasteiger partial charge in [0.15, 0.2) is 0 Å². The molecule has 0 aliphatic heterocycles. The van der Waals surface area contributed by atoms with Crippen LogP contribution < -0.4 is 9.47 Å². The van der Waals surface area contributed by atoms with Crippen LogP contribution in [0.4, 0.5) is 0 Å². The standard InChI is InChI=1S/C15H22O4/c1-5-6-12(10(2)16)15(17)13-8-7-11(18-3)9-14(13)19-4/h7-9,12,15,17H,5-6H2,1-4H3/t12-,15-/m0/s1. The lowest BCUT2D eigenvalue weighted by Crippen LogP contribution is -2.20. The minimum atomic E-state index is -0.849. The number of Topliss-reactive ketones (excluding diaryl/α,β-unsaturated/α-hetero) is 1. The number of aliphatic hydroxyl groups excluding tert-OH is 1. The van der Waals surface area contributed by atoms with Crippen molar-refractivity contribution < 1.29 is 19.4 Å². The van der Waals surface area contributed by atoms with Gasteiger partial charge in [-0.2, -0.15) is 0 Å². The van der Waals surface area contributed by atoms with Crippen LogP contribution in [0.1, 0.15) is 38.4 Å². The van der Waals surface area contributed by atoms with Gasteiger partial charge in [-0.3, -0.25) is 4.79 Å². The molecule has 0 amide bonds. The van der Waals surface area contributed by atoms with E-state index in [1.807, 2.05) is 6.92 Å². The molecule has 19 heavy (non-hydrogen) atoms. The molecule has 1 aromatic carbocycles. The second-order valence-electron chi connectivity index (χ2n) is 4.56. The molecule has 0 saturated heterocycles. The Labute approximate surface area is 114 Å². The molecule has 0 radical (unpaired) electrons. The Kier molecular flexibility index (Phi) is 5.83. The van der Waals surface area contributed by atoms with Crippen LogP contribution in [-0.4, -0.2) is 25.1 Å². The maximum atomic E-state index is 11.6. The van der Waals surface area contributed by atoms with Gasteiger partial charge in [0.05, 0.1) is 20.3 Å². The maximum Gasteiger partial charge on any atom is 0.135 e. The molecule has 0 bridgehead atoms. The number of methoxy groups -OCH3 is 2. The van der Waals surface area contributed by atoms with Crippen molar-refractivity contribution in [2.75, 3.05) is 14.2 Å². The molecule has 1 N–H and O–H groups in total. The summed E-state index contributed by atoms with van der Waals surface area (Å²) in [6.45, 7) is 3.51. The summed E-state index contributed by atoms with van der Waals surface area (Å²) >= 11 is 0. The first kappa shape index (κ1) is 15.5. The third-order valence-corrected chi connectivity index (χ3v) is 3.26. The number of carbonyl (C=O) groups is 1. The zero-order valence-corrected chi connectivity index (χ0v) is 12.0. The second-order valence-corrected chi connectivity index (χ2v) is 4.56. The van der Waals surface area contributed by atoms with E-state index < -0.39 is 12.0 Å². The largest absolute Gasteiger partial charge is 0.497 e. The number of aliphatic hydroxyl groups is 1. The van der Waals surface area contributed by atoms with Gasteiger partial charge in [-0.25, -0.2) is 0 Å². The summed E-state index contributed by atoms with van der Waals surface area (Å²) in [6, 6.07) is 5.21. The first-order valence-corrected chi connectivity index (χ1v) is 6.45. The average molecular weight is 266 g/mol. The average Bonchev–Trinajstić information content (AvgIpc) is 2.42. The summed E-state index contributed by atoms with van der Waals surface area (Å²) in [5.41, 5.74) is 0.622. The SMILES string of the molecule is CCC[C@@H](C(C)=O)[C@H](O)c1ccc(OC)cc1OC. The Hall–Kier alpha value is -1.55. The lowest BCUT2D eigenvalue weighted by atomic mass is 9.88. The van der Waals surface area contributed by atoms with Gasteiger partial charge in [-0.1, -0.05) is 13.3 Å². The van der Waals surface area contributed by atoms with E-state index in [2.05, 4.69) is 0 Å². The Morgan fingerprint density at radius 1 is 1.32 bits per heavy atom. The third kappa shape index (κ3) is 3.70. The quantitative estimate of drug-likeness (QED) is 0.824. The van der Waals surface area contributed by atoms with Crippen molar-refractivity contribution in [2.24, 2.45) is 5.92 Å². The summed E-state index contributed by atoms with van der Waals surface area (Å²) < 4.78 is 10.4. The lowest BCUT2D eigenvalue weighted by molar-refractivity contribution is -0.124. The molecule has 4 nitrogen and oxygen atoms in total. The molecule has 106 valence electrons. The molecular formula is C15H22O4. The fraction of sp³-hybridized carbons (Fsp3) is 0.533. The predicted octanol–water partition coefficient (Wildman–Crippen LogP) is 2.74. The second kappa shape index (κ2) is 7.14. The van der Waals surface area contributed by atoms with Crippen molar-refractivity contribution >= 4 is 5.78 Å². The molecule has 1 aromatic rings. The summed E-state index contributed by atoms with van der Waals surface area (Å²) in [4.78, 5) is 11.6. The van der Waals surface area contributed by atoms with E-state index in [4.69, 9.17) is 9.47 Å². The third-order valence-electron chi connectivity index (χ3n) is 3.26. The first-order chi connectivity index (χ1) is 9.04. The van der Waals surface area contributed by atoms with Crippen molar-refractivity contribution in [3.05, 3.63) is 23.8 Å². The van der Waals surface area contributed by atoms with Crippen LogP contribution in [0.2, 0.25) is 0 Å².